The molecule has 0 heterocycles. The van der Waals surface area contributed by atoms with Gasteiger partial charge in [-0.1, -0.05) is 44.0 Å². The summed E-state index contributed by atoms with van der Waals surface area (Å²) in [5.41, 5.74) is 1.000. The van der Waals surface area contributed by atoms with Crippen molar-refractivity contribution in [2.45, 2.75) is 13.8 Å². The Balaban J connectivity index is 2.03. The zero-order valence-electron chi connectivity index (χ0n) is 16.4. The van der Waals surface area contributed by atoms with Crippen LogP contribution in [-0.4, -0.2) is 17.5 Å². The van der Waals surface area contributed by atoms with Crippen LogP contribution in [0.25, 0.3) is 21.5 Å². The van der Waals surface area contributed by atoms with Gasteiger partial charge in [0.15, 0.2) is 11.6 Å². The number of hydrogen-bond donors (Lipinski definition) is 0. The number of carbonyl (C=O) groups is 3. The maximum absolute atomic E-state index is 12.3. The van der Waals surface area contributed by atoms with Gasteiger partial charge in [-0.25, -0.2) is 4.79 Å². The molecule has 0 amide bonds. The molecule has 0 N–H and O–H groups in total. The van der Waals surface area contributed by atoms with E-state index >= 15 is 0 Å². The third-order valence-corrected chi connectivity index (χ3v) is 4.56. The van der Waals surface area contributed by atoms with Crippen LogP contribution in [0.2, 0.25) is 0 Å². The van der Waals surface area contributed by atoms with E-state index in [4.69, 9.17) is 4.74 Å². The molecule has 0 bridgehead atoms. The molecule has 3 rings (SSSR count). The van der Waals surface area contributed by atoms with Gasteiger partial charge < -0.3 is 4.74 Å². The first kappa shape index (κ1) is 20.0. The maximum Gasteiger partial charge on any atom is 0.346 e. The monoisotopic (exact) mass is 384 g/mol. The third-order valence-electron chi connectivity index (χ3n) is 4.56. The number of fused-ring (bicyclic) bond motifs is 2. The average Bonchev–Trinajstić information content (AvgIpc) is 2.70. The van der Waals surface area contributed by atoms with Gasteiger partial charge in [0, 0.05) is 10.9 Å². The average molecular weight is 384 g/mol. The first-order chi connectivity index (χ1) is 13.7. The van der Waals surface area contributed by atoms with Gasteiger partial charge in [0.05, 0.1) is 0 Å². The molecule has 3 aromatic carbocycles. The van der Waals surface area contributed by atoms with Crippen LogP contribution in [0.15, 0.2) is 85.0 Å². The van der Waals surface area contributed by atoms with Crippen LogP contribution in [0, 0.1) is 0 Å². The summed E-state index contributed by atoms with van der Waals surface area (Å²) in [5, 5.41) is 3.31. The van der Waals surface area contributed by atoms with E-state index < -0.39 is 11.8 Å². The minimum absolute atomic E-state index is 0.102. The van der Waals surface area contributed by atoms with Crippen molar-refractivity contribution >= 4 is 39.1 Å². The number of benzene rings is 3. The number of ketones is 2. The van der Waals surface area contributed by atoms with E-state index in [1.54, 1.807) is 25.1 Å². The van der Waals surface area contributed by atoms with Crippen molar-refractivity contribution < 1.29 is 19.1 Å². The van der Waals surface area contributed by atoms with Crippen LogP contribution in [0.1, 0.15) is 24.2 Å². The second kappa shape index (κ2) is 7.68. The predicted molar refractivity (Wildman–Crippen MR) is 115 cm³/mol. The van der Waals surface area contributed by atoms with E-state index in [9.17, 15) is 14.4 Å². The van der Waals surface area contributed by atoms with Gasteiger partial charge in [-0.15, -0.1) is 0 Å². The number of hydrogen-bond acceptors (Lipinski definition) is 4. The molecular weight excluding hydrogens is 364 g/mol. The number of ether oxygens (including phenoxy) is 1. The Morgan fingerprint density at radius 2 is 1.52 bits per heavy atom. The minimum atomic E-state index is -0.812. The summed E-state index contributed by atoms with van der Waals surface area (Å²) in [6.45, 7) is 13.9. The summed E-state index contributed by atoms with van der Waals surface area (Å²) in [7, 11) is 0. The van der Waals surface area contributed by atoms with E-state index in [0.717, 1.165) is 16.2 Å². The second-order valence-electron chi connectivity index (χ2n) is 6.98. The molecule has 0 atom stereocenters. The summed E-state index contributed by atoms with van der Waals surface area (Å²) in [4.78, 5) is 36.4. The molecule has 29 heavy (non-hydrogen) atoms. The van der Waals surface area contributed by atoms with Crippen LogP contribution >= 0.6 is 0 Å². The first-order valence-corrected chi connectivity index (χ1v) is 8.97. The highest BCUT2D eigenvalue weighted by Crippen LogP contribution is 2.31. The van der Waals surface area contributed by atoms with E-state index in [1.807, 2.05) is 30.3 Å². The van der Waals surface area contributed by atoms with E-state index in [0.29, 0.717) is 22.3 Å². The van der Waals surface area contributed by atoms with Crippen molar-refractivity contribution in [2.24, 2.45) is 0 Å². The molecule has 144 valence electrons. The van der Waals surface area contributed by atoms with Crippen LogP contribution in [0.4, 0.5) is 0 Å². The molecule has 0 aromatic heterocycles. The molecular formula is C25H20O4. The Morgan fingerprint density at radius 1 is 0.793 bits per heavy atom. The zero-order chi connectivity index (χ0) is 21.3. The molecule has 0 fully saturated rings. The lowest BCUT2D eigenvalue weighted by molar-refractivity contribution is -0.131. The number of Topliss-reactive ketones (excluding diaryl/α,β-unsaturated/α-hetero) is 2. The molecule has 0 radical (unpaired) electrons. The smallest absolute Gasteiger partial charge is 0.346 e. The maximum atomic E-state index is 12.3. The Bertz CT molecular complexity index is 1240. The Hall–Kier alpha value is -3.79. The van der Waals surface area contributed by atoms with Crippen molar-refractivity contribution in [1.29, 1.82) is 0 Å². The highest BCUT2D eigenvalue weighted by atomic mass is 16.5. The molecule has 4 heteroatoms. The lowest BCUT2D eigenvalue weighted by Gasteiger charge is -2.10. The number of esters is 1. The van der Waals surface area contributed by atoms with Gasteiger partial charge in [-0.2, -0.15) is 0 Å². The molecule has 0 aliphatic rings. The Kier molecular flexibility index (Phi) is 5.29. The molecule has 0 unspecified atom stereocenters. The predicted octanol–water partition coefficient (Wildman–Crippen LogP) is 5.36. The van der Waals surface area contributed by atoms with E-state index in [1.165, 1.54) is 6.92 Å². The molecule has 0 aliphatic carbocycles. The fourth-order valence-electron chi connectivity index (χ4n) is 2.98. The number of rotatable bonds is 6. The molecule has 4 nitrogen and oxygen atoms in total. The number of carbonyl (C=O) groups excluding carboxylic acids is 3. The van der Waals surface area contributed by atoms with Crippen molar-refractivity contribution in [3.05, 3.63) is 90.6 Å². The van der Waals surface area contributed by atoms with Crippen LogP contribution < -0.4 is 4.74 Å². The SMILES string of the molecule is C=C(C)C(=O)C(=C)C(=O)Oc1cccc2cc3cc(C(=O)C(=C)C)ccc3cc12. The standard InChI is InChI=1S/C25H20O4/c1-14(2)23(26)16(5)25(28)29-22-8-6-7-18-11-20-12-19(24(27)15(3)4)10-9-17(20)13-21(18)22/h6-13H,1,3,5H2,2,4H3. The van der Waals surface area contributed by atoms with Crippen molar-refractivity contribution in [3.63, 3.8) is 0 Å². The topological polar surface area (TPSA) is 60.4 Å². The van der Waals surface area contributed by atoms with E-state index in [-0.39, 0.29) is 16.9 Å². The highest BCUT2D eigenvalue weighted by molar-refractivity contribution is 6.23. The summed E-state index contributed by atoms with van der Waals surface area (Å²) in [5.74, 6) is -1.12. The minimum Gasteiger partial charge on any atom is -0.422 e. The first-order valence-electron chi connectivity index (χ1n) is 8.97. The second-order valence-corrected chi connectivity index (χ2v) is 6.98. The molecule has 0 spiro atoms. The normalized spacial score (nSPS) is 10.6. The summed E-state index contributed by atoms with van der Waals surface area (Å²) >= 11 is 0. The van der Waals surface area contributed by atoms with Gasteiger partial charge in [-0.3, -0.25) is 9.59 Å². The highest BCUT2D eigenvalue weighted by Gasteiger charge is 2.19. The molecule has 0 saturated heterocycles. The van der Waals surface area contributed by atoms with Gasteiger partial charge in [0.25, 0.3) is 0 Å². The van der Waals surface area contributed by atoms with Crippen LogP contribution in [-0.2, 0) is 9.59 Å². The van der Waals surface area contributed by atoms with Gasteiger partial charge in [-0.05, 0) is 65.4 Å². The third kappa shape index (κ3) is 3.92. The summed E-state index contributed by atoms with van der Waals surface area (Å²) < 4.78 is 5.44. The zero-order valence-corrected chi connectivity index (χ0v) is 16.4. The largest absolute Gasteiger partial charge is 0.422 e. The summed E-state index contributed by atoms with van der Waals surface area (Å²) in [6, 6.07) is 14.5. The Labute approximate surface area is 168 Å². The fourth-order valence-corrected chi connectivity index (χ4v) is 2.98. The molecule has 0 saturated carbocycles. The summed E-state index contributed by atoms with van der Waals surface area (Å²) in [6.07, 6.45) is 0. The molecule has 0 aliphatic heterocycles. The molecule has 3 aromatic rings. The van der Waals surface area contributed by atoms with Crippen LogP contribution in [0.5, 0.6) is 5.75 Å². The van der Waals surface area contributed by atoms with Crippen molar-refractivity contribution in [1.82, 2.24) is 0 Å². The quantitative estimate of drug-likeness (QED) is 0.109. The van der Waals surface area contributed by atoms with E-state index in [2.05, 4.69) is 19.7 Å². The van der Waals surface area contributed by atoms with Gasteiger partial charge >= 0.3 is 5.97 Å². The van der Waals surface area contributed by atoms with Crippen molar-refractivity contribution in [2.75, 3.05) is 0 Å². The van der Waals surface area contributed by atoms with Crippen molar-refractivity contribution in [3.8, 4) is 5.75 Å². The lowest BCUT2D eigenvalue weighted by atomic mass is 9.98. The number of allylic oxidation sites excluding steroid dienone is 2. The Morgan fingerprint density at radius 3 is 2.17 bits per heavy atom. The fraction of sp³-hybridized carbons (Fsp3) is 0.0800. The van der Waals surface area contributed by atoms with Gasteiger partial charge in [0.2, 0.25) is 0 Å². The lowest BCUT2D eigenvalue weighted by Crippen LogP contribution is -2.18. The van der Waals surface area contributed by atoms with Crippen LogP contribution in [0.3, 0.4) is 0 Å². The van der Waals surface area contributed by atoms with Gasteiger partial charge in [0.1, 0.15) is 11.3 Å².